The first-order chi connectivity index (χ1) is 8.29. The Labute approximate surface area is 112 Å². The fourth-order valence-corrected chi connectivity index (χ4v) is 2.20. The van der Waals surface area contributed by atoms with Gasteiger partial charge in [0.2, 0.25) is 0 Å². The van der Waals surface area contributed by atoms with Gasteiger partial charge in [-0.25, -0.2) is 0 Å². The van der Waals surface area contributed by atoms with Crippen LogP contribution < -0.4 is 5.73 Å². The van der Waals surface area contributed by atoms with E-state index in [2.05, 4.69) is 58.7 Å². The second kappa shape index (κ2) is 5.85. The molecule has 2 heteroatoms. The first-order valence-electron chi connectivity index (χ1n) is 6.76. The quantitative estimate of drug-likeness (QED) is 0.867. The molecule has 102 valence electrons. The summed E-state index contributed by atoms with van der Waals surface area (Å²) in [7, 11) is 2.18. The van der Waals surface area contributed by atoms with Crippen LogP contribution in [0.25, 0.3) is 0 Å². The maximum Gasteiger partial charge on any atom is 0.0238 e. The lowest BCUT2D eigenvalue weighted by atomic mass is 9.95. The average molecular weight is 248 g/mol. The number of nitrogens with zero attached hydrogens (tertiary/aromatic N) is 1. The molecule has 0 aliphatic heterocycles. The van der Waals surface area contributed by atoms with Crippen LogP contribution >= 0.6 is 0 Å². The van der Waals surface area contributed by atoms with Gasteiger partial charge in [-0.2, -0.15) is 0 Å². The summed E-state index contributed by atoms with van der Waals surface area (Å²) in [5.41, 5.74) is 11.5. The summed E-state index contributed by atoms with van der Waals surface area (Å²) in [5.74, 6) is 0. The van der Waals surface area contributed by atoms with Crippen molar-refractivity contribution < 1.29 is 0 Å². The first kappa shape index (κ1) is 15.2. The van der Waals surface area contributed by atoms with Crippen molar-refractivity contribution in [1.82, 2.24) is 4.90 Å². The summed E-state index contributed by atoms with van der Waals surface area (Å²) in [6, 6.07) is 4.48. The van der Waals surface area contributed by atoms with Gasteiger partial charge in [0.1, 0.15) is 0 Å². The molecule has 0 aliphatic rings. The molecule has 0 amide bonds. The first-order valence-corrected chi connectivity index (χ1v) is 6.76. The van der Waals surface area contributed by atoms with E-state index in [0.717, 1.165) is 19.5 Å². The van der Waals surface area contributed by atoms with Crippen LogP contribution in [0.3, 0.4) is 0 Å². The van der Waals surface area contributed by atoms with Crippen molar-refractivity contribution in [2.75, 3.05) is 13.6 Å². The Morgan fingerprint density at radius 1 is 1.11 bits per heavy atom. The highest BCUT2D eigenvalue weighted by Gasteiger charge is 2.23. The van der Waals surface area contributed by atoms with Gasteiger partial charge >= 0.3 is 0 Å². The predicted octanol–water partition coefficient (Wildman–Crippen LogP) is 3.17. The Kier molecular flexibility index (Phi) is 4.94. The van der Waals surface area contributed by atoms with Crippen molar-refractivity contribution >= 4 is 0 Å². The molecule has 0 bridgehead atoms. The lowest BCUT2D eigenvalue weighted by molar-refractivity contribution is 0.139. The van der Waals surface area contributed by atoms with Crippen molar-refractivity contribution in [3.8, 4) is 0 Å². The molecule has 0 aromatic heterocycles. The van der Waals surface area contributed by atoms with E-state index in [1.807, 2.05) is 0 Å². The highest BCUT2D eigenvalue weighted by molar-refractivity contribution is 5.38. The van der Waals surface area contributed by atoms with Crippen molar-refractivity contribution in [1.29, 1.82) is 0 Å². The Balaban J connectivity index is 2.89. The molecule has 0 radical (unpaired) electrons. The molecular weight excluding hydrogens is 220 g/mol. The van der Waals surface area contributed by atoms with Gasteiger partial charge < -0.3 is 5.73 Å². The zero-order chi connectivity index (χ0) is 13.9. The molecule has 0 fully saturated rings. The highest BCUT2D eigenvalue weighted by atomic mass is 15.2. The van der Waals surface area contributed by atoms with Gasteiger partial charge in [-0.15, -0.1) is 0 Å². The summed E-state index contributed by atoms with van der Waals surface area (Å²) < 4.78 is 0. The average Bonchev–Trinajstić information content (AvgIpc) is 2.29. The van der Waals surface area contributed by atoms with Crippen LogP contribution in [0.15, 0.2) is 12.1 Å². The van der Waals surface area contributed by atoms with Gasteiger partial charge in [-0.1, -0.05) is 12.1 Å². The minimum Gasteiger partial charge on any atom is -0.330 e. The van der Waals surface area contributed by atoms with Crippen LogP contribution in [0.2, 0.25) is 0 Å². The smallest absolute Gasteiger partial charge is 0.0238 e. The molecule has 0 spiro atoms. The second-order valence-electron chi connectivity index (χ2n) is 6.00. The van der Waals surface area contributed by atoms with Crippen molar-refractivity contribution in [2.45, 2.75) is 53.1 Å². The molecule has 2 nitrogen and oxygen atoms in total. The third-order valence-corrected chi connectivity index (χ3v) is 4.37. The molecule has 2 N–H and O–H groups in total. The fourth-order valence-electron chi connectivity index (χ4n) is 2.20. The summed E-state index contributed by atoms with van der Waals surface area (Å²) in [6.45, 7) is 12.9. The number of rotatable bonds is 5. The number of benzene rings is 1. The van der Waals surface area contributed by atoms with Gasteiger partial charge in [-0.05, 0) is 76.9 Å². The van der Waals surface area contributed by atoms with E-state index in [1.54, 1.807) is 0 Å². The molecular formula is C16H28N2. The van der Waals surface area contributed by atoms with Crippen LogP contribution in [0, 0.1) is 20.8 Å². The van der Waals surface area contributed by atoms with Crippen molar-refractivity contribution in [3.63, 3.8) is 0 Å². The number of hydrogen-bond acceptors (Lipinski definition) is 2. The maximum absolute atomic E-state index is 5.69. The van der Waals surface area contributed by atoms with Crippen LogP contribution in [0.5, 0.6) is 0 Å². The summed E-state index contributed by atoms with van der Waals surface area (Å²) >= 11 is 0. The van der Waals surface area contributed by atoms with E-state index < -0.39 is 0 Å². The molecule has 0 aliphatic carbocycles. The van der Waals surface area contributed by atoms with E-state index in [4.69, 9.17) is 5.73 Å². The molecule has 0 saturated carbocycles. The third kappa shape index (κ3) is 3.33. The summed E-state index contributed by atoms with van der Waals surface area (Å²) in [4.78, 5) is 2.40. The van der Waals surface area contributed by atoms with Crippen LogP contribution in [0.1, 0.15) is 42.5 Å². The number of nitrogens with two attached hydrogens (primary N) is 1. The number of aryl methyl sites for hydroxylation is 1. The van der Waals surface area contributed by atoms with Gasteiger partial charge in [0, 0.05) is 12.1 Å². The van der Waals surface area contributed by atoms with E-state index in [9.17, 15) is 0 Å². The Morgan fingerprint density at radius 3 is 2.28 bits per heavy atom. The molecule has 1 rings (SSSR count). The Bertz CT molecular complexity index is 408. The molecule has 1 aromatic rings. The predicted molar refractivity (Wildman–Crippen MR) is 79.9 cm³/mol. The van der Waals surface area contributed by atoms with Crippen LogP contribution in [0.4, 0.5) is 0 Å². The van der Waals surface area contributed by atoms with Gasteiger partial charge in [0.25, 0.3) is 0 Å². The van der Waals surface area contributed by atoms with Crippen LogP contribution in [-0.2, 0) is 6.54 Å². The van der Waals surface area contributed by atoms with E-state index in [-0.39, 0.29) is 5.54 Å². The number of hydrogen-bond donors (Lipinski definition) is 1. The van der Waals surface area contributed by atoms with Gasteiger partial charge in [0.15, 0.2) is 0 Å². The Hall–Kier alpha value is -0.860. The zero-order valence-electron chi connectivity index (χ0n) is 12.8. The van der Waals surface area contributed by atoms with Crippen LogP contribution in [-0.4, -0.2) is 24.0 Å². The Morgan fingerprint density at radius 2 is 1.72 bits per heavy atom. The summed E-state index contributed by atoms with van der Waals surface area (Å²) in [5, 5.41) is 0. The fraction of sp³-hybridized carbons (Fsp3) is 0.625. The van der Waals surface area contributed by atoms with Gasteiger partial charge in [-0.3, -0.25) is 4.90 Å². The molecule has 0 unspecified atom stereocenters. The molecule has 0 heterocycles. The minimum absolute atomic E-state index is 0.153. The highest BCUT2D eigenvalue weighted by Crippen LogP contribution is 2.23. The zero-order valence-corrected chi connectivity index (χ0v) is 12.8. The van der Waals surface area contributed by atoms with E-state index in [0.29, 0.717) is 0 Å². The minimum atomic E-state index is 0.153. The monoisotopic (exact) mass is 248 g/mol. The van der Waals surface area contributed by atoms with Crippen molar-refractivity contribution in [3.05, 3.63) is 34.4 Å². The van der Waals surface area contributed by atoms with E-state index >= 15 is 0 Å². The molecule has 0 atom stereocenters. The molecule has 0 saturated heterocycles. The second-order valence-corrected chi connectivity index (χ2v) is 6.00. The van der Waals surface area contributed by atoms with Gasteiger partial charge in [0.05, 0.1) is 0 Å². The topological polar surface area (TPSA) is 29.3 Å². The largest absolute Gasteiger partial charge is 0.330 e. The maximum atomic E-state index is 5.69. The lowest BCUT2D eigenvalue weighted by Crippen LogP contribution is -2.42. The molecule has 18 heavy (non-hydrogen) atoms. The SMILES string of the molecule is Cc1ccc(CN(C)C(C)(C)CCN)c(C)c1C. The van der Waals surface area contributed by atoms with Crippen molar-refractivity contribution in [2.24, 2.45) is 5.73 Å². The third-order valence-electron chi connectivity index (χ3n) is 4.37. The molecule has 1 aromatic carbocycles. The lowest BCUT2D eigenvalue weighted by Gasteiger charge is -2.36. The van der Waals surface area contributed by atoms with E-state index in [1.165, 1.54) is 22.3 Å². The summed E-state index contributed by atoms with van der Waals surface area (Å²) in [6.07, 6.45) is 1.02. The standard InChI is InChI=1S/C16H28N2/c1-12-7-8-15(14(3)13(12)2)11-18(6)16(4,5)9-10-17/h7-8H,9-11,17H2,1-6H3. The normalized spacial score (nSPS) is 12.2.